The number of hydrogen-bond acceptors (Lipinski definition) is 5. The smallest absolute Gasteiger partial charge is 0.290 e. The van der Waals surface area contributed by atoms with E-state index in [1.807, 2.05) is 6.92 Å². The Morgan fingerprint density at radius 3 is 2.56 bits per heavy atom. The first kappa shape index (κ1) is 23.6. The summed E-state index contributed by atoms with van der Waals surface area (Å²) < 4.78 is 6.79. The number of rotatable bonds is 8. The zero-order valence-electron chi connectivity index (χ0n) is 17.4. The van der Waals surface area contributed by atoms with E-state index >= 15 is 0 Å². The lowest BCUT2D eigenvalue weighted by Gasteiger charge is -2.12. The summed E-state index contributed by atoms with van der Waals surface area (Å²) >= 11 is 11.9. The fraction of sp³-hybridized carbons (Fsp3) is 0.273. The second-order valence-electron chi connectivity index (χ2n) is 6.95. The van der Waals surface area contributed by atoms with Gasteiger partial charge in [0.2, 0.25) is 5.91 Å². The average molecular weight is 477 g/mol. The SMILES string of the molecule is CCCn1nc(C(=O)NNC(=O)CCCOc2ccc(Cl)cc2Cl)c2ccccc2c1=O. The highest BCUT2D eigenvalue weighted by atomic mass is 35.5. The maximum absolute atomic E-state index is 12.7. The predicted octanol–water partition coefficient (Wildman–Crippen LogP) is 3.73. The van der Waals surface area contributed by atoms with E-state index in [1.54, 1.807) is 42.5 Å². The number of aromatic nitrogens is 2. The van der Waals surface area contributed by atoms with E-state index in [4.69, 9.17) is 27.9 Å². The van der Waals surface area contributed by atoms with Crippen LogP contribution in [0.25, 0.3) is 10.8 Å². The van der Waals surface area contributed by atoms with Crippen molar-refractivity contribution in [3.05, 3.63) is 68.6 Å². The Morgan fingerprint density at radius 2 is 1.84 bits per heavy atom. The molecule has 10 heteroatoms. The summed E-state index contributed by atoms with van der Waals surface area (Å²) in [7, 11) is 0. The molecule has 0 aliphatic rings. The quantitative estimate of drug-likeness (QED) is 0.380. The monoisotopic (exact) mass is 476 g/mol. The van der Waals surface area contributed by atoms with Crippen LogP contribution >= 0.6 is 23.2 Å². The third-order valence-electron chi connectivity index (χ3n) is 4.53. The van der Waals surface area contributed by atoms with Crippen molar-refractivity contribution in [3.8, 4) is 5.75 Å². The Hall–Kier alpha value is -3.10. The van der Waals surface area contributed by atoms with Crippen LogP contribution in [0.2, 0.25) is 10.0 Å². The molecule has 3 rings (SSSR count). The van der Waals surface area contributed by atoms with Crippen molar-refractivity contribution in [2.45, 2.75) is 32.7 Å². The first-order chi connectivity index (χ1) is 15.4. The molecule has 1 heterocycles. The third-order valence-corrected chi connectivity index (χ3v) is 5.06. The highest BCUT2D eigenvalue weighted by molar-refractivity contribution is 6.35. The van der Waals surface area contributed by atoms with Gasteiger partial charge in [-0.05, 0) is 37.1 Å². The molecule has 0 atom stereocenters. The minimum atomic E-state index is -0.608. The Kier molecular flexibility index (Phi) is 8.08. The van der Waals surface area contributed by atoms with Crippen LogP contribution in [-0.2, 0) is 11.3 Å². The number of aryl methyl sites for hydroxylation is 1. The Labute approximate surface area is 194 Å². The zero-order valence-corrected chi connectivity index (χ0v) is 18.9. The topological polar surface area (TPSA) is 102 Å². The molecule has 0 unspecified atom stereocenters. The van der Waals surface area contributed by atoms with Gasteiger partial charge in [-0.25, -0.2) is 4.68 Å². The molecule has 0 saturated carbocycles. The molecule has 1 aromatic heterocycles. The van der Waals surface area contributed by atoms with E-state index in [1.165, 1.54) is 4.68 Å². The van der Waals surface area contributed by atoms with E-state index in [0.717, 1.165) is 0 Å². The summed E-state index contributed by atoms with van der Waals surface area (Å²) in [6.07, 6.45) is 1.21. The molecule has 0 saturated heterocycles. The third kappa shape index (κ3) is 5.77. The highest BCUT2D eigenvalue weighted by Gasteiger charge is 2.17. The highest BCUT2D eigenvalue weighted by Crippen LogP contribution is 2.27. The molecule has 0 aliphatic carbocycles. The number of ether oxygens (including phenoxy) is 1. The van der Waals surface area contributed by atoms with Crippen LogP contribution < -0.4 is 21.1 Å². The molecular weight excluding hydrogens is 455 g/mol. The molecule has 32 heavy (non-hydrogen) atoms. The summed E-state index contributed by atoms with van der Waals surface area (Å²) in [4.78, 5) is 37.3. The van der Waals surface area contributed by atoms with Crippen LogP contribution in [0, 0.1) is 0 Å². The van der Waals surface area contributed by atoms with Gasteiger partial charge in [-0.15, -0.1) is 0 Å². The average Bonchev–Trinajstić information content (AvgIpc) is 2.78. The number of halogens is 2. The van der Waals surface area contributed by atoms with Gasteiger partial charge in [0.05, 0.1) is 17.0 Å². The normalized spacial score (nSPS) is 10.7. The van der Waals surface area contributed by atoms with Crippen LogP contribution in [0.3, 0.4) is 0 Å². The molecule has 8 nitrogen and oxygen atoms in total. The molecule has 3 aromatic rings. The number of carbonyl (C=O) groups excluding carboxylic acids is 2. The van der Waals surface area contributed by atoms with Crippen molar-refractivity contribution in [2.24, 2.45) is 0 Å². The summed E-state index contributed by atoms with van der Waals surface area (Å²) in [6, 6.07) is 11.6. The molecule has 0 bridgehead atoms. The van der Waals surface area contributed by atoms with Gasteiger partial charge in [0.25, 0.3) is 11.5 Å². The Balaban J connectivity index is 1.56. The van der Waals surface area contributed by atoms with Crippen LogP contribution in [0.15, 0.2) is 47.3 Å². The fourth-order valence-corrected chi connectivity index (χ4v) is 3.48. The van der Waals surface area contributed by atoms with Gasteiger partial charge in [-0.3, -0.25) is 25.2 Å². The molecule has 2 N–H and O–H groups in total. The van der Waals surface area contributed by atoms with Crippen molar-refractivity contribution >= 4 is 45.8 Å². The minimum absolute atomic E-state index is 0.0645. The number of nitrogens with zero attached hydrogens (tertiary/aromatic N) is 2. The number of hydrazine groups is 1. The zero-order chi connectivity index (χ0) is 23.1. The van der Waals surface area contributed by atoms with Crippen LogP contribution in [0.5, 0.6) is 5.75 Å². The second kappa shape index (κ2) is 11.0. The van der Waals surface area contributed by atoms with E-state index in [-0.39, 0.29) is 24.3 Å². The fourth-order valence-electron chi connectivity index (χ4n) is 3.02. The number of hydrogen-bond donors (Lipinski definition) is 2. The van der Waals surface area contributed by atoms with Crippen LogP contribution in [0.4, 0.5) is 0 Å². The van der Waals surface area contributed by atoms with Crippen molar-refractivity contribution in [3.63, 3.8) is 0 Å². The van der Waals surface area contributed by atoms with Crippen molar-refractivity contribution in [1.29, 1.82) is 0 Å². The van der Waals surface area contributed by atoms with Crippen LogP contribution in [-0.4, -0.2) is 28.2 Å². The molecule has 0 radical (unpaired) electrons. The maximum atomic E-state index is 12.7. The van der Waals surface area contributed by atoms with Crippen molar-refractivity contribution < 1.29 is 14.3 Å². The Bertz CT molecular complexity index is 1200. The Morgan fingerprint density at radius 1 is 1.09 bits per heavy atom. The van der Waals surface area contributed by atoms with Gasteiger partial charge in [0.1, 0.15) is 5.75 Å². The van der Waals surface area contributed by atoms with Gasteiger partial charge < -0.3 is 4.74 Å². The summed E-state index contributed by atoms with van der Waals surface area (Å²) in [5.74, 6) is -0.524. The van der Waals surface area contributed by atoms with E-state index in [9.17, 15) is 14.4 Å². The summed E-state index contributed by atoms with van der Waals surface area (Å²) in [6.45, 7) is 2.55. The standard InChI is InChI=1S/C22H22Cl2N4O4/c1-2-11-28-22(31)16-7-4-3-6-15(16)20(27-28)21(30)26-25-19(29)8-5-12-32-18-10-9-14(23)13-17(18)24/h3-4,6-7,9-10,13H,2,5,8,11-12H2,1H3,(H,25,29)(H,26,30). The van der Waals surface area contributed by atoms with Gasteiger partial charge in [0.15, 0.2) is 5.69 Å². The van der Waals surface area contributed by atoms with E-state index < -0.39 is 11.8 Å². The molecular formula is C22H22Cl2N4O4. The van der Waals surface area contributed by atoms with Crippen LogP contribution in [0.1, 0.15) is 36.7 Å². The van der Waals surface area contributed by atoms with Crippen molar-refractivity contribution in [1.82, 2.24) is 20.6 Å². The molecule has 0 spiro atoms. The lowest BCUT2D eigenvalue weighted by Crippen LogP contribution is -2.42. The molecule has 2 amide bonds. The first-order valence-electron chi connectivity index (χ1n) is 10.1. The summed E-state index contributed by atoms with van der Waals surface area (Å²) in [5, 5.41) is 5.90. The largest absolute Gasteiger partial charge is 0.492 e. The van der Waals surface area contributed by atoms with E-state index in [0.29, 0.717) is 46.0 Å². The van der Waals surface area contributed by atoms with Gasteiger partial charge in [-0.1, -0.05) is 48.3 Å². The lowest BCUT2D eigenvalue weighted by molar-refractivity contribution is -0.122. The number of nitrogens with one attached hydrogen (secondary N) is 2. The lowest BCUT2D eigenvalue weighted by atomic mass is 10.1. The van der Waals surface area contributed by atoms with E-state index in [2.05, 4.69) is 16.0 Å². The number of amides is 2. The van der Waals surface area contributed by atoms with Gasteiger partial charge >= 0.3 is 0 Å². The number of fused-ring (bicyclic) bond motifs is 1. The number of carbonyl (C=O) groups is 2. The maximum Gasteiger partial charge on any atom is 0.290 e. The van der Waals surface area contributed by atoms with Crippen molar-refractivity contribution in [2.75, 3.05) is 6.61 Å². The number of benzene rings is 2. The molecule has 168 valence electrons. The minimum Gasteiger partial charge on any atom is -0.492 e. The molecule has 0 fully saturated rings. The first-order valence-corrected chi connectivity index (χ1v) is 10.8. The van der Waals surface area contributed by atoms with Gasteiger partial charge in [0, 0.05) is 23.4 Å². The van der Waals surface area contributed by atoms with Gasteiger partial charge in [-0.2, -0.15) is 5.10 Å². The second-order valence-corrected chi connectivity index (χ2v) is 7.80. The predicted molar refractivity (Wildman–Crippen MR) is 123 cm³/mol. The summed E-state index contributed by atoms with van der Waals surface area (Å²) in [5.41, 5.74) is 4.53. The molecule has 0 aliphatic heterocycles. The molecule has 2 aromatic carbocycles.